The van der Waals surface area contributed by atoms with Gasteiger partial charge in [-0.15, -0.1) is 0 Å². The van der Waals surface area contributed by atoms with Crippen molar-refractivity contribution in [2.24, 2.45) is 0 Å². The second-order valence-electron chi connectivity index (χ2n) is 6.49. The van der Waals surface area contributed by atoms with E-state index in [0.29, 0.717) is 22.7 Å². The Morgan fingerprint density at radius 1 is 0.968 bits per heavy atom. The summed E-state index contributed by atoms with van der Waals surface area (Å²) in [5, 5.41) is 11.7. The fourth-order valence-corrected chi connectivity index (χ4v) is 2.90. The molecule has 0 fully saturated rings. The third-order valence-corrected chi connectivity index (χ3v) is 4.46. The van der Waals surface area contributed by atoms with Gasteiger partial charge in [0.1, 0.15) is 11.5 Å². The predicted molar refractivity (Wildman–Crippen MR) is 109 cm³/mol. The zero-order valence-electron chi connectivity index (χ0n) is 15.7. The number of amides is 1. The molecule has 0 heterocycles. The van der Waals surface area contributed by atoms with Gasteiger partial charge in [-0.05, 0) is 66.2 Å². The number of nitrogens with one attached hydrogen (secondary N) is 1. The van der Waals surface area contributed by atoms with Crippen molar-refractivity contribution >= 4 is 29.2 Å². The van der Waals surface area contributed by atoms with Crippen molar-refractivity contribution in [1.29, 1.82) is 0 Å². The molecular formula is C22H15ClF3NO4. The number of carbonyl (C=O) groups is 2. The van der Waals surface area contributed by atoms with Crippen LogP contribution >= 0.6 is 11.6 Å². The lowest BCUT2D eigenvalue weighted by molar-refractivity contribution is -0.138. The number of aliphatic carboxylic acids is 1. The van der Waals surface area contributed by atoms with Crippen LogP contribution in [0.1, 0.15) is 21.5 Å². The molecule has 160 valence electrons. The molecule has 0 spiro atoms. The number of alkyl halides is 3. The molecule has 0 atom stereocenters. The number of anilines is 1. The maximum Gasteiger partial charge on any atom is 0.416 e. The standard InChI is InChI=1S/C22H15ClF3NO4/c23-18-11-13(12-20(28)29)1-10-19(18)31-17-8-6-16(7-9-17)27-21(30)14-2-4-15(5-3-14)22(24,25)26/h1-11H,12H2,(H,27,30)(H,28,29). The summed E-state index contributed by atoms with van der Waals surface area (Å²) in [5.74, 6) is -0.782. The number of hydrogen-bond acceptors (Lipinski definition) is 3. The summed E-state index contributed by atoms with van der Waals surface area (Å²) in [7, 11) is 0. The highest BCUT2D eigenvalue weighted by Crippen LogP contribution is 2.31. The van der Waals surface area contributed by atoms with Crippen molar-refractivity contribution in [3.05, 3.63) is 88.4 Å². The summed E-state index contributed by atoms with van der Waals surface area (Å²) < 4.78 is 43.5. The molecule has 0 bridgehead atoms. The van der Waals surface area contributed by atoms with Gasteiger partial charge in [0.05, 0.1) is 17.0 Å². The first-order valence-corrected chi connectivity index (χ1v) is 9.26. The summed E-state index contributed by atoms with van der Waals surface area (Å²) in [4.78, 5) is 23.0. The van der Waals surface area contributed by atoms with Gasteiger partial charge in [-0.25, -0.2) is 0 Å². The molecule has 0 saturated heterocycles. The largest absolute Gasteiger partial charge is 0.481 e. The Labute approximate surface area is 180 Å². The van der Waals surface area contributed by atoms with Crippen LogP contribution in [0.4, 0.5) is 18.9 Å². The average Bonchev–Trinajstić information content (AvgIpc) is 2.70. The summed E-state index contributed by atoms with van der Waals surface area (Å²) in [6.45, 7) is 0. The quantitative estimate of drug-likeness (QED) is 0.481. The topological polar surface area (TPSA) is 75.6 Å². The van der Waals surface area contributed by atoms with Crippen LogP contribution in [0.5, 0.6) is 11.5 Å². The van der Waals surface area contributed by atoms with Crippen LogP contribution in [-0.4, -0.2) is 17.0 Å². The predicted octanol–water partition coefficient (Wildman–Crippen LogP) is 6.03. The number of rotatable bonds is 6. The molecule has 3 aromatic rings. The number of ether oxygens (including phenoxy) is 1. The zero-order valence-corrected chi connectivity index (χ0v) is 16.5. The van der Waals surface area contributed by atoms with E-state index in [9.17, 15) is 22.8 Å². The normalized spacial score (nSPS) is 11.1. The van der Waals surface area contributed by atoms with Crippen LogP contribution < -0.4 is 10.1 Å². The average molecular weight is 450 g/mol. The second kappa shape index (κ2) is 9.09. The van der Waals surface area contributed by atoms with Gasteiger partial charge in [-0.2, -0.15) is 13.2 Å². The van der Waals surface area contributed by atoms with Crippen molar-refractivity contribution in [3.63, 3.8) is 0 Å². The number of carboxylic acids is 1. The lowest BCUT2D eigenvalue weighted by Gasteiger charge is -2.11. The van der Waals surface area contributed by atoms with E-state index in [0.717, 1.165) is 24.3 Å². The smallest absolute Gasteiger partial charge is 0.416 e. The van der Waals surface area contributed by atoms with Gasteiger partial charge in [-0.3, -0.25) is 9.59 Å². The van der Waals surface area contributed by atoms with Crippen molar-refractivity contribution in [2.45, 2.75) is 12.6 Å². The molecule has 3 aromatic carbocycles. The minimum atomic E-state index is -4.47. The molecule has 9 heteroatoms. The van der Waals surface area contributed by atoms with E-state index < -0.39 is 23.6 Å². The van der Waals surface area contributed by atoms with Gasteiger partial charge in [0.25, 0.3) is 5.91 Å². The van der Waals surface area contributed by atoms with Crippen LogP contribution in [0.2, 0.25) is 5.02 Å². The lowest BCUT2D eigenvalue weighted by atomic mass is 10.1. The third-order valence-electron chi connectivity index (χ3n) is 4.17. The van der Waals surface area contributed by atoms with Crippen LogP contribution in [-0.2, 0) is 17.4 Å². The molecule has 0 aliphatic rings. The molecule has 0 aromatic heterocycles. The Bertz CT molecular complexity index is 1100. The van der Waals surface area contributed by atoms with Gasteiger partial charge < -0.3 is 15.2 Å². The Morgan fingerprint density at radius 2 is 1.61 bits per heavy atom. The van der Waals surface area contributed by atoms with Crippen molar-refractivity contribution in [1.82, 2.24) is 0 Å². The molecule has 0 aliphatic heterocycles. The minimum absolute atomic E-state index is 0.0848. The third kappa shape index (κ3) is 5.99. The fraction of sp³-hybridized carbons (Fsp3) is 0.0909. The van der Waals surface area contributed by atoms with Crippen LogP contribution in [0.3, 0.4) is 0 Å². The summed E-state index contributed by atoms with van der Waals surface area (Å²) >= 11 is 6.12. The highest BCUT2D eigenvalue weighted by atomic mass is 35.5. The van der Waals surface area contributed by atoms with Crippen LogP contribution in [0, 0.1) is 0 Å². The van der Waals surface area contributed by atoms with Gasteiger partial charge in [0.2, 0.25) is 0 Å². The van der Waals surface area contributed by atoms with Crippen LogP contribution in [0.25, 0.3) is 0 Å². The molecule has 0 radical (unpaired) electrons. The van der Waals surface area contributed by atoms with Crippen molar-refractivity contribution < 1.29 is 32.6 Å². The molecular weight excluding hydrogens is 435 g/mol. The Kier molecular flexibility index (Phi) is 6.50. The van der Waals surface area contributed by atoms with E-state index >= 15 is 0 Å². The lowest BCUT2D eigenvalue weighted by Crippen LogP contribution is -2.12. The molecule has 31 heavy (non-hydrogen) atoms. The Hall–Kier alpha value is -3.52. The van der Waals surface area contributed by atoms with E-state index in [1.165, 1.54) is 6.07 Å². The molecule has 0 aliphatic carbocycles. The maximum atomic E-state index is 12.6. The number of carbonyl (C=O) groups excluding carboxylic acids is 1. The minimum Gasteiger partial charge on any atom is -0.481 e. The van der Waals surface area contributed by atoms with E-state index in [-0.39, 0.29) is 17.0 Å². The molecule has 5 nitrogen and oxygen atoms in total. The highest BCUT2D eigenvalue weighted by molar-refractivity contribution is 6.32. The van der Waals surface area contributed by atoms with Crippen molar-refractivity contribution in [3.8, 4) is 11.5 Å². The van der Waals surface area contributed by atoms with E-state index in [2.05, 4.69) is 5.32 Å². The highest BCUT2D eigenvalue weighted by Gasteiger charge is 2.30. The van der Waals surface area contributed by atoms with Crippen LogP contribution in [0.15, 0.2) is 66.7 Å². The summed E-state index contributed by atoms with van der Waals surface area (Å²) in [6.07, 6.45) is -4.63. The monoisotopic (exact) mass is 449 g/mol. The van der Waals surface area contributed by atoms with E-state index in [4.69, 9.17) is 21.4 Å². The SMILES string of the molecule is O=C(O)Cc1ccc(Oc2ccc(NC(=O)c3ccc(C(F)(F)F)cc3)cc2)c(Cl)c1. The maximum absolute atomic E-state index is 12.6. The molecule has 0 saturated carbocycles. The Balaban J connectivity index is 1.64. The first kappa shape index (κ1) is 22.2. The van der Waals surface area contributed by atoms with E-state index in [1.807, 2.05) is 0 Å². The summed E-state index contributed by atoms with van der Waals surface area (Å²) in [6, 6.07) is 14.8. The number of hydrogen-bond donors (Lipinski definition) is 2. The molecule has 0 unspecified atom stereocenters. The first-order chi connectivity index (χ1) is 14.6. The van der Waals surface area contributed by atoms with Crippen molar-refractivity contribution in [2.75, 3.05) is 5.32 Å². The Morgan fingerprint density at radius 3 is 2.16 bits per heavy atom. The van der Waals surface area contributed by atoms with Gasteiger partial charge >= 0.3 is 12.1 Å². The number of carboxylic acid groups (broad SMARTS) is 1. The zero-order chi connectivity index (χ0) is 22.6. The molecule has 1 amide bonds. The number of halogens is 4. The fourth-order valence-electron chi connectivity index (χ4n) is 2.66. The first-order valence-electron chi connectivity index (χ1n) is 8.88. The van der Waals surface area contributed by atoms with Gasteiger partial charge in [0, 0.05) is 11.3 Å². The molecule has 3 rings (SSSR count). The van der Waals surface area contributed by atoms with Gasteiger partial charge in [0.15, 0.2) is 0 Å². The second-order valence-corrected chi connectivity index (χ2v) is 6.90. The van der Waals surface area contributed by atoms with E-state index in [1.54, 1.807) is 36.4 Å². The molecule has 2 N–H and O–H groups in total. The summed E-state index contributed by atoms with van der Waals surface area (Å²) in [5.41, 5.74) is 0.202. The number of benzene rings is 3. The van der Waals surface area contributed by atoms with Gasteiger partial charge in [-0.1, -0.05) is 17.7 Å².